The molecule has 108 valence electrons. The summed E-state index contributed by atoms with van der Waals surface area (Å²) in [4.78, 5) is 15.6. The normalized spacial score (nSPS) is 11.0. The Morgan fingerprint density at radius 2 is 1.71 bits per heavy atom. The molecular weight excluding hydrogens is 268 g/mol. The van der Waals surface area contributed by atoms with Crippen molar-refractivity contribution in [2.24, 2.45) is 10.3 Å². The smallest absolute Gasteiger partial charge is 0.142 e. The van der Waals surface area contributed by atoms with E-state index in [-0.39, 0.29) is 0 Å². The second-order valence-corrected chi connectivity index (χ2v) is 4.44. The zero-order valence-electron chi connectivity index (χ0n) is 11.9. The Bertz CT molecular complexity index is 619. The molecule has 2 aromatic carbocycles. The van der Waals surface area contributed by atoms with Crippen molar-refractivity contribution in [3.05, 3.63) is 64.6 Å². The Morgan fingerprint density at radius 3 is 2.29 bits per heavy atom. The second kappa shape index (κ2) is 7.19. The lowest BCUT2D eigenvalue weighted by molar-refractivity contribution is 0.130. The van der Waals surface area contributed by atoms with Crippen molar-refractivity contribution in [2.75, 3.05) is 7.11 Å². The minimum atomic E-state index is 0.340. The number of oxime groups is 1. The zero-order chi connectivity index (χ0) is 15.1. The molecule has 5 nitrogen and oxygen atoms in total. The summed E-state index contributed by atoms with van der Waals surface area (Å²) < 4.78 is 5.11. The molecular formula is C16H16N2O3. The topological polar surface area (TPSA) is 60.2 Å². The van der Waals surface area contributed by atoms with Crippen LogP contribution < -0.4 is 4.74 Å². The molecule has 0 saturated carbocycles. The fraction of sp³-hybridized carbons (Fsp3) is 0.188. The van der Waals surface area contributed by atoms with E-state index in [0.717, 1.165) is 22.6 Å². The Morgan fingerprint density at radius 1 is 1.05 bits per heavy atom. The standard InChI is InChI=1S/C16H16N2O3/c1-12(14-5-9-16(20-2)10-6-14)18-21-11-13-3-7-15(17-19)8-4-13/h3-10H,11H2,1-2H3/b18-12+. The SMILES string of the molecule is COc1ccc(/C(C)=N/OCc2ccc(N=O)cc2)cc1. The molecule has 5 heteroatoms. The van der Waals surface area contributed by atoms with Gasteiger partial charge < -0.3 is 9.57 Å². The molecule has 0 spiro atoms. The van der Waals surface area contributed by atoms with Gasteiger partial charge in [0.2, 0.25) is 0 Å². The van der Waals surface area contributed by atoms with Crippen molar-refractivity contribution in [2.45, 2.75) is 13.5 Å². The molecule has 0 saturated heterocycles. The fourth-order valence-electron chi connectivity index (χ4n) is 1.74. The first-order valence-corrected chi connectivity index (χ1v) is 6.46. The Balaban J connectivity index is 1.94. The van der Waals surface area contributed by atoms with Crippen LogP contribution in [0.25, 0.3) is 0 Å². The fourth-order valence-corrected chi connectivity index (χ4v) is 1.74. The summed E-state index contributed by atoms with van der Waals surface area (Å²) in [6, 6.07) is 14.5. The van der Waals surface area contributed by atoms with E-state index < -0.39 is 0 Å². The maximum absolute atomic E-state index is 10.3. The number of methoxy groups -OCH3 is 1. The number of hydrogen-bond acceptors (Lipinski definition) is 5. The van der Waals surface area contributed by atoms with Crippen LogP contribution in [0.1, 0.15) is 18.1 Å². The lowest BCUT2D eigenvalue weighted by Crippen LogP contribution is -1.97. The lowest BCUT2D eigenvalue weighted by Gasteiger charge is -2.04. The molecule has 0 unspecified atom stereocenters. The maximum atomic E-state index is 10.3. The molecule has 0 aliphatic rings. The number of nitrogens with zero attached hydrogens (tertiary/aromatic N) is 2. The van der Waals surface area contributed by atoms with Crippen molar-refractivity contribution in [1.82, 2.24) is 0 Å². The van der Waals surface area contributed by atoms with Gasteiger partial charge in [0.1, 0.15) is 18.0 Å². The lowest BCUT2D eigenvalue weighted by atomic mass is 10.1. The molecule has 0 radical (unpaired) electrons. The summed E-state index contributed by atoms with van der Waals surface area (Å²) in [7, 11) is 1.63. The van der Waals surface area contributed by atoms with E-state index in [9.17, 15) is 4.91 Å². The van der Waals surface area contributed by atoms with Crippen molar-refractivity contribution in [1.29, 1.82) is 0 Å². The van der Waals surface area contributed by atoms with Crippen LogP contribution in [0.3, 0.4) is 0 Å². The average Bonchev–Trinajstić information content (AvgIpc) is 2.55. The number of ether oxygens (including phenoxy) is 1. The van der Waals surface area contributed by atoms with Crippen molar-refractivity contribution in [3.8, 4) is 5.75 Å². The van der Waals surface area contributed by atoms with Gasteiger partial charge in [-0.3, -0.25) is 0 Å². The molecule has 21 heavy (non-hydrogen) atoms. The Labute approximate surface area is 123 Å². The van der Waals surface area contributed by atoms with Crippen LogP contribution in [0.15, 0.2) is 58.9 Å². The molecule has 0 bridgehead atoms. The highest BCUT2D eigenvalue weighted by Gasteiger charge is 1.99. The summed E-state index contributed by atoms with van der Waals surface area (Å²) in [6.07, 6.45) is 0. The minimum absolute atomic E-state index is 0.340. The molecule has 0 N–H and O–H groups in total. The minimum Gasteiger partial charge on any atom is -0.497 e. The van der Waals surface area contributed by atoms with Crippen molar-refractivity contribution >= 4 is 11.4 Å². The van der Waals surface area contributed by atoms with Gasteiger partial charge in [-0.2, -0.15) is 0 Å². The van der Waals surface area contributed by atoms with Crippen LogP contribution in [-0.2, 0) is 11.4 Å². The molecule has 0 amide bonds. The van der Waals surface area contributed by atoms with Crippen molar-refractivity contribution < 1.29 is 9.57 Å². The second-order valence-electron chi connectivity index (χ2n) is 4.44. The predicted octanol–water partition coefficient (Wildman–Crippen LogP) is 4.03. The number of nitroso groups, excluding NO2 is 1. The number of benzene rings is 2. The van der Waals surface area contributed by atoms with Crippen LogP contribution in [0.5, 0.6) is 5.75 Å². The zero-order valence-corrected chi connectivity index (χ0v) is 11.9. The summed E-state index contributed by atoms with van der Waals surface area (Å²) >= 11 is 0. The monoisotopic (exact) mass is 284 g/mol. The Kier molecular flexibility index (Phi) is 5.04. The molecule has 2 rings (SSSR count). The van der Waals surface area contributed by atoms with Crippen LogP contribution >= 0.6 is 0 Å². The van der Waals surface area contributed by atoms with E-state index in [1.807, 2.05) is 31.2 Å². The van der Waals surface area contributed by atoms with E-state index in [4.69, 9.17) is 9.57 Å². The van der Waals surface area contributed by atoms with Crippen LogP contribution in [0, 0.1) is 4.91 Å². The van der Waals surface area contributed by atoms with E-state index in [1.54, 1.807) is 31.4 Å². The van der Waals surface area contributed by atoms with E-state index in [0.29, 0.717) is 12.3 Å². The molecule has 2 aromatic rings. The third-order valence-electron chi connectivity index (χ3n) is 2.98. The van der Waals surface area contributed by atoms with E-state index >= 15 is 0 Å². The maximum Gasteiger partial charge on any atom is 0.142 e. The third kappa shape index (κ3) is 4.14. The van der Waals surface area contributed by atoms with Gasteiger partial charge in [0.15, 0.2) is 0 Å². The highest BCUT2D eigenvalue weighted by molar-refractivity contribution is 5.98. The van der Waals surface area contributed by atoms with E-state index in [1.165, 1.54) is 0 Å². The molecule has 0 fully saturated rings. The first kappa shape index (κ1) is 14.7. The van der Waals surface area contributed by atoms with Crippen LogP contribution in [0.2, 0.25) is 0 Å². The van der Waals surface area contributed by atoms with Gasteiger partial charge in [0.25, 0.3) is 0 Å². The number of hydrogen-bond donors (Lipinski definition) is 0. The van der Waals surface area contributed by atoms with Crippen LogP contribution in [0.4, 0.5) is 5.69 Å². The molecule has 0 aliphatic heterocycles. The molecule has 0 aromatic heterocycles. The van der Waals surface area contributed by atoms with Gasteiger partial charge in [-0.15, -0.1) is 4.91 Å². The largest absolute Gasteiger partial charge is 0.497 e. The summed E-state index contributed by atoms with van der Waals surface area (Å²) in [5, 5.41) is 6.92. The highest BCUT2D eigenvalue weighted by Crippen LogP contribution is 2.14. The van der Waals surface area contributed by atoms with Gasteiger partial charge in [0, 0.05) is 0 Å². The van der Waals surface area contributed by atoms with Gasteiger partial charge in [-0.05, 0) is 59.6 Å². The first-order chi connectivity index (χ1) is 10.2. The van der Waals surface area contributed by atoms with Gasteiger partial charge >= 0.3 is 0 Å². The quantitative estimate of drug-likeness (QED) is 0.457. The summed E-state index contributed by atoms with van der Waals surface area (Å²) in [5.41, 5.74) is 3.07. The molecule has 0 atom stereocenters. The molecule has 0 heterocycles. The summed E-state index contributed by atoms with van der Waals surface area (Å²) in [6.45, 7) is 2.22. The first-order valence-electron chi connectivity index (χ1n) is 6.46. The Hall–Kier alpha value is -2.69. The predicted molar refractivity (Wildman–Crippen MR) is 81.9 cm³/mol. The third-order valence-corrected chi connectivity index (χ3v) is 2.98. The van der Waals surface area contributed by atoms with Gasteiger partial charge in [0.05, 0.1) is 12.8 Å². The van der Waals surface area contributed by atoms with Crippen molar-refractivity contribution in [3.63, 3.8) is 0 Å². The molecule has 0 aliphatic carbocycles. The summed E-state index contributed by atoms with van der Waals surface area (Å²) in [5.74, 6) is 0.802. The van der Waals surface area contributed by atoms with E-state index in [2.05, 4.69) is 10.3 Å². The van der Waals surface area contributed by atoms with Crippen LogP contribution in [-0.4, -0.2) is 12.8 Å². The van der Waals surface area contributed by atoms with Gasteiger partial charge in [-0.25, -0.2) is 0 Å². The van der Waals surface area contributed by atoms with Gasteiger partial charge in [-0.1, -0.05) is 17.3 Å². The highest BCUT2D eigenvalue weighted by atomic mass is 16.6. The average molecular weight is 284 g/mol. The number of rotatable bonds is 6.